The molecule has 8 heteroatoms. The first kappa shape index (κ1) is 24.5. The number of thiazole rings is 1. The molecule has 1 saturated heterocycles. The van der Waals surface area contributed by atoms with E-state index in [0.29, 0.717) is 34.4 Å². The number of carbonyl (C=O) groups excluding carboxylic acids is 2. The van der Waals surface area contributed by atoms with Crippen molar-refractivity contribution in [2.45, 2.75) is 26.8 Å². The van der Waals surface area contributed by atoms with Crippen molar-refractivity contribution in [2.24, 2.45) is 0 Å². The molecule has 188 valence electrons. The molecule has 1 unspecified atom stereocenters. The van der Waals surface area contributed by atoms with Crippen molar-refractivity contribution >= 4 is 44.1 Å². The molecule has 0 aliphatic carbocycles. The number of nitrogens with zero attached hydrogens (tertiary/aromatic N) is 2. The zero-order valence-corrected chi connectivity index (χ0v) is 21.8. The maximum Gasteiger partial charge on any atom is 0.301 e. The zero-order chi connectivity index (χ0) is 26.3. The minimum Gasteiger partial charge on any atom is -0.507 e. The zero-order valence-electron chi connectivity index (χ0n) is 20.9. The third-order valence-corrected chi connectivity index (χ3v) is 7.32. The Morgan fingerprint density at radius 1 is 1.05 bits per heavy atom. The van der Waals surface area contributed by atoms with E-state index >= 15 is 0 Å². The van der Waals surface area contributed by atoms with Crippen molar-refractivity contribution in [3.05, 3.63) is 88.5 Å². The highest BCUT2D eigenvalue weighted by Gasteiger charge is 2.48. The summed E-state index contributed by atoms with van der Waals surface area (Å²) in [6.07, 6.45) is 0. The Kier molecular flexibility index (Phi) is 6.43. The second kappa shape index (κ2) is 9.71. The number of carbonyl (C=O) groups is 2. The Bertz CT molecular complexity index is 1550. The number of rotatable bonds is 6. The fourth-order valence-electron chi connectivity index (χ4n) is 4.65. The smallest absolute Gasteiger partial charge is 0.301 e. The highest BCUT2D eigenvalue weighted by atomic mass is 32.1. The first-order chi connectivity index (χ1) is 17.8. The summed E-state index contributed by atoms with van der Waals surface area (Å²) >= 11 is 1.35. The fourth-order valence-corrected chi connectivity index (χ4v) is 5.82. The van der Waals surface area contributed by atoms with Crippen LogP contribution in [-0.2, 0) is 9.59 Å². The summed E-state index contributed by atoms with van der Waals surface area (Å²) in [6, 6.07) is 17.1. The Morgan fingerprint density at radius 3 is 2.51 bits per heavy atom. The normalized spacial score (nSPS) is 17.0. The van der Waals surface area contributed by atoms with E-state index in [2.05, 4.69) is 0 Å². The second-order valence-corrected chi connectivity index (χ2v) is 9.84. The highest BCUT2D eigenvalue weighted by Crippen LogP contribution is 2.45. The monoisotopic (exact) mass is 514 g/mol. The molecule has 0 radical (unpaired) electrons. The van der Waals surface area contributed by atoms with Crippen LogP contribution in [-0.4, -0.2) is 35.5 Å². The SMILES string of the molecule is CCOc1cccc(C2C(=C(O)c3ccc(OC)cc3)C(=O)C(=O)N2c2nc3c(C)cc(C)cc3s2)c1. The number of anilines is 1. The number of ketones is 1. The Balaban J connectivity index is 1.72. The largest absolute Gasteiger partial charge is 0.507 e. The molecule has 7 nitrogen and oxygen atoms in total. The van der Waals surface area contributed by atoms with Crippen LogP contribution in [0.1, 0.15) is 35.2 Å². The Labute approximate surface area is 218 Å². The Hall–Kier alpha value is -4.17. The van der Waals surface area contributed by atoms with Crippen molar-refractivity contribution in [1.82, 2.24) is 4.98 Å². The number of hydrogen-bond acceptors (Lipinski definition) is 7. The van der Waals surface area contributed by atoms with Gasteiger partial charge in [0.25, 0.3) is 5.78 Å². The molecule has 1 atom stereocenters. The summed E-state index contributed by atoms with van der Waals surface area (Å²) in [7, 11) is 1.55. The van der Waals surface area contributed by atoms with Crippen LogP contribution in [0.3, 0.4) is 0 Å². The minimum absolute atomic E-state index is 0.00373. The lowest BCUT2D eigenvalue weighted by Gasteiger charge is -2.23. The van der Waals surface area contributed by atoms with Gasteiger partial charge in [-0.25, -0.2) is 4.98 Å². The lowest BCUT2D eigenvalue weighted by molar-refractivity contribution is -0.132. The van der Waals surface area contributed by atoms with Gasteiger partial charge in [-0.05, 0) is 79.9 Å². The summed E-state index contributed by atoms with van der Waals surface area (Å²) in [6.45, 7) is 6.33. The van der Waals surface area contributed by atoms with Crippen LogP contribution < -0.4 is 14.4 Å². The number of aliphatic hydroxyl groups is 1. The Morgan fingerprint density at radius 2 is 1.81 bits per heavy atom. The number of Topliss-reactive ketones (excluding diaryl/α,β-unsaturated/α-hetero) is 1. The number of amides is 1. The predicted octanol–water partition coefficient (Wildman–Crippen LogP) is 5.95. The van der Waals surface area contributed by atoms with E-state index in [1.165, 1.54) is 16.2 Å². The first-order valence-electron chi connectivity index (χ1n) is 11.9. The fraction of sp³-hybridized carbons (Fsp3) is 0.207. The molecule has 0 spiro atoms. The summed E-state index contributed by atoms with van der Waals surface area (Å²) in [5.41, 5.74) is 3.89. The molecule has 37 heavy (non-hydrogen) atoms. The third-order valence-electron chi connectivity index (χ3n) is 6.32. The summed E-state index contributed by atoms with van der Waals surface area (Å²) in [5, 5.41) is 11.7. The molecule has 1 aliphatic heterocycles. The van der Waals surface area contributed by atoms with Gasteiger partial charge in [0, 0.05) is 5.56 Å². The molecule has 5 rings (SSSR count). The number of hydrogen-bond donors (Lipinski definition) is 1. The van der Waals surface area contributed by atoms with Crippen molar-refractivity contribution < 1.29 is 24.2 Å². The topological polar surface area (TPSA) is 89.0 Å². The van der Waals surface area contributed by atoms with Gasteiger partial charge in [-0.15, -0.1) is 0 Å². The molecule has 1 aliphatic rings. The van der Waals surface area contributed by atoms with E-state index < -0.39 is 17.7 Å². The average molecular weight is 515 g/mol. The van der Waals surface area contributed by atoms with Crippen LogP contribution in [0.5, 0.6) is 11.5 Å². The third kappa shape index (κ3) is 4.34. The number of ether oxygens (including phenoxy) is 2. The van der Waals surface area contributed by atoms with Crippen LogP contribution in [0.25, 0.3) is 16.0 Å². The molecule has 3 aromatic carbocycles. The van der Waals surface area contributed by atoms with E-state index in [1.54, 1.807) is 43.5 Å². The van der Waals surface area contributed by atoms with Crippen molar-refractivity contribution in [3.8, 4) is 11.5 Å². The van der Waals surface area contributed by atoms with E-state index in [4.69, 9.17) is 14.5 Å². The molecular weight excluding hydrogens is 488 g/mol. The molecule has 1 amide bonds. The molecule has 0 saturated carbocycles. The van der Waals surface area contributed by atoms with Gasteiger partial charge < -0.3 is 14.6 Å². The molecule has 0 bridgehead atoms. The van der Waals surface area contributed by atoms with Gasteiger partial charge in [-0.3, -0.25) is 14.5 Å². The maximum atomic E-state index is 13.5. The quantitative estimate of drug-likeness (QED) is 0.194. The average Bonchev–Trinajstić information content (AvgIpc) is 3.42. The van der Waals surface area contributed by atoms with Gasteiger partial charge in [0.2, 0.25) is 0 Å². The number of aliphatic hydroxyl groups excluding tert-OH is 1. The van der Waals surface area contributed by atoms with Crippen molar-refractivity contribution in [2.75, 3.05) is 18.6 Å². The van der Waals surface area contributed by atoms with Gasteiger partial charge in [0.1, 0.15) is 17.3 Å². The van der Waals surface area contributed by atoms with Crippen LogP contribution >= 0.6 is 11.3 Å². The summed E-state index contributed by atoms with van der Waals surface area (Å²) in [5.74, 6) is -0.560. The van der Waals surface area contributed by atoms with E-state index in [-0.39, 0.29) is 11.3 Å². The molecule has 1 fully saturated rings. The van der Waals surface area contributed by atoms with Gasteiger partial charge in [0.15, 0.2) is 5.13 Å². The van der Waals surface area contributed by atoms with E-state index in [0.717, 1.165) is 21.3 Å². The van der Waals surface area contributed by atoms with E-state index in [9.17, 15) is 14.7 Å². The first-order valence-corrected chi connectivity index (χ1v) is 12.7. The minimum atomic E-state index is -0.885. The predicted molar refractivity (Wildman–Crippen MR) is 144 cm³/mol. The summed E-state index contributed by atoms with van der Waals surface area (Å²) in [4.78, 5) is 33.1. The van der Waals surface area contributed by atoms with E-state index in [1.807, 2.05) is 45.0 Å². The van der Waals surface area contributed by atoms with Gasteiger partial charge in [-0.1, -0.05) is 29.5 Å². The van der Waals surface area contributed by atoms with Crippen LogP contribution in [0.2, 0.25) is 0 Å². The number of aromatic nitrogens is 1. The molecule has 4 aromatic rings. The van der Waals surface area contributed by atoms with Gasteiger partial charge >= 0.3 is 5.91 Å². The number of fused-ring (bicyclic) bond motifs is 1. The number of benzene rings is 3. The van der Waals surface area contributed by atoms with Crippen LogP contribution in [0.15, 0.2) is 66.2 Å². The second-order valence-electron chi connectivity index (χ2n) is 8.83. The van der Waals surface area contributed by atoms with Crippen LogP contribution in [0, 0.1) is 13.8 Å². The maximum absolute atomic E-state index is 13.5. The van der Waals surface area contributed by atoms with Gasteiger partial charge in [-0.2, -0.15) is 0 Å². The molecule has 1 N–H and O–H groups in total. The summed E-state index contributed by atoms with van der Waals surface area (Å²) < 4.78 is 11.8. The molecule has 1 aromatic heterocycles. The number of aryl methyl sites for hydroxylation is 2. The lowest BCUT2D eigenvalue weighted by atomic mass is 9.95. The highest BCUT2D eigenvalue weighted by molar-refractivity contribution is 7.22. The standard InChI is InChI=1S/C29H26N2O5S/c1-5-36-21-8-6-7-19(15-21)25-23(26(32)18-9-11-20(35-4)12-10-18)27(33)28(34)31(25)29-30-24-17(3)13-16(2)14-22(24)37-29/h6-15,25,32H,5H2,1-4H3. The number of methoxy groups -OCH3 is 1. The molecule has 2 heterocycles. The van der Waals surface area contributed by atoms with Crippen molar-refractivity contribution in [1.29, 1.82) is 0 Å². The van der Waals surface area contributed by atoms with Crippen molar-refractivity contribution in [3.63, 3.8) is 0 Å². The van der Waals surface area contributed by atoms with Crippen LogP contribution in [0.4, 0.5) is 5.13 Å². The lowest BCUT2D eigenvalue weighted by Crippen LogP contribution is -2.29. The molecular formula is C29H26N2O5S. The van der Waals surface area contributed by atoms with Gasteiger partial charge in [0.05, 0.1) is 35.5 Å².